The van der Waals surface area contributed by atoms with Crippen LogP contribution in [-0.2, 0) is 10.0 Å². The molecule has 116 valence electrons. The number of benzene rings is 1. The van der Waals surface area contributed by atoms with Crippen molar-refractivity contribution in [2.75, 3.05) is 19.3 Å². The van der Waals surface area contributed by atoms with Crippen LogP contribution in [0.25, 0.3) is 0 Å². The van der Waals surface area contributed by atoms with Gasteiger partial charge in [0.05, 0.1) is 11.8 Å². The van der Waals surface area contributed by atoms with E-state index in [-0.39, 0.29) is 16.6 Å². The van der Waals surface area contributed by atoms with Crippen LogP contribution < -0.4 is 4.72 Å². The summed E-state index contributed by atoms with van der Waals surface area (Å²) in [5.74, 6) is -1.05. The molecule has 1 saturated heterocycles. The quantitative estimate of drug-likeness (QED) is 0.913. The number of hydrogen-bond donors (Lipinski definition) is 1. The van der Waals surface area contributed by atoms with Crippen LogP contribution >= 0.6 is 11.6 Å². The summed E-state index contributed by atoms with van der Waals surface area (Å²) in [6, 6.07) is 3.75. The first-order valence-corrected chi connectivity index (χ1v) is 8.75. The first-order chi connectivity index (χ1) is 9.76. The number of carbonyl (C=O) groups excluding carboxylic acids is 1. The standard InChI is InChI=1S/C13H16ClFN2O3S/c1-21(19,20)16-10-4-6-17(7-5-10)13(18)11-3-2-9(14)8-12(11)15/h2-3,8,10,16H,4-7H2,1H3. The number of amides is 1. The van der Waals surface area contributed by atoms with Gasteiger partial charge in [0.15, 0.2) is 0 Å². The van der Waals surface area contributed by atoms with Gasteiger partial charge in [-0.1, -0.05) is 11.6 Å². The largest absolute Gasteiger partial charge is 0.338 e. The minimum Gasteiger partial charge on any atom is -0.338 e. The second-order valence-electron chi connectivity index (χ2n) is 5.08. The minimum absolute atomic E-state index is 0.0195. The second kappa shape index (κ2) is 6.29. The van der Waals surface area contributed by atoms with Crippen LogP contribution in [0.2, 0.25) is 5.02 Å². The molecule has 0 radical (unpaired) electrons. The van der Waals surface area contributed by atoms with Gasteiger partial charge in [-0.15, -0.1) is 0 Å². The maximum atomic E-state index is 13.7. The molecular formula is C13H16ClFN2O3S. The molecule has 1 aliphatic heterocycles. The fourth-order valence-electron chi connectivity index (χ4n) is 2.34. The smallest absolute Gasteiger partial charge is 0.256 e. The molecule has 5 nitrogen and oxygen atoms in total. The predicted molar refractivity (Wildman–Crippen MR) is 78.3 cm³/mol. The van der Waals surface area contributed by atoms with Gasteiger partial charge in [-0.2, -0.15) is 0 Å². The molecule has 0 unspecified atom stereocenters. The molecule has 2 rings (SSSR count). The van der Waals surface area contributed by atoms with Crippen LogP contribution in [0.3, 0.4) is 0 Å². The highest BCUT2D eigenvalue weighted by atomic mass is 35.5. The van der Waals surface area contributed by atoms with Gasteiger partial charge in [0, 0.05) is 24.2 Å². The maximum absolute atomic E-state index is 13.7. The Morgan fingerprint density at radius 3 is 2.52 bits per heavy atom. The highest BCUT2D eigenvalue weighted by Gasteiger charge is 2.26. The molecule has 0 spiro atoms. The molecule has 1 heterocycles. The Kier molecular flexibility index (Phi) is 4.85. The zero-order chi connectivity index (χ0) is 15.6. The number of piperidine rings is 1. The fraction of sp³-hybridized carbons (Fsp3) is 0.462. The second-order valence-corrected chi connectivity index (χ2v) is 7.30. The first kappa shape index (κ1) is 16.2. The van der Waals surface area contributed by atoms with Gasteiger partial charge in [0.25, 0.3) is 5.91 Å². The monoisotopic (exact) mass is 334 g/mol. The summed E-state index contributed by atoms with van der Waals surface area (Å²) in [6.45, 7) is 0.766. The highest BCUT2D eigenvalue weighted by molar-refractivity contribution is 7.88. The van der Waals surface area contributed by atoms with Gasteiger partial charge in [-0.05, 0) is 31.0 Å². The lowest BCUT2D eigenvalue weighted by Crippen LogP contribution is -2.46. The molecule has 1 aliphatic rings. The number of rotatable bonds is 3. The van der Waals surface area contributed by atoms with E-state index in [4.69, 9.17) is 11.6 Å². The van der Waals surface area contributed by atoms with E-state index in [1.807, 2.05) is 0 Å². The Labute approximate surface area is 128 Å². The van der Waals surface area contributed by atoms with E-state index < -0.39 is 21.7 Å². The van der Waals surface area contributed by atoms with Crippen LogP contribution in [0, 0.1) is 5.82 Å². The van der Waals surface area contributed by atoms with Crippen LogP contribution in [-0.4, -0.2) is 44.6 Å². The number of nitrogens with one attached hydrogen (secondary N) is 1. The van der Waals surface area contributed by atoms with E-state index >= 15 is 0 Å². The Hall–Kier alpha value is -1.18. The van der Waals surface area contributed by atoms with Gasteiger partial charge in [-0.25, -0.2) is 17.5 Å². The predicted octanol–water partition coefficient (Wildman–Crippen LogP) is 1.63. The molecular weight excluding hydrogens is 319 g/mol. The van der Waals surface area contributed by atoms with Crippen molar-refractivity contribution in [1.29, 1.82) is 0 Å². The first-order valence-electron chi connectivity index (χ1n) is 6.48. The molecule has 0 aliphatic carbocycles. The number of halogens is 2. The lowest BCUT2D eigenvalue weighted by molar-refractivity contribution is 0.0706. The molecule has 1 fully saturated rings. The van der Waals surface area contributed by atoms with E-state index in [1.54, 1.807) is 0 Å². The van der Waals surface area contributed by atoms with Crippen molar-refractivity contribution < 1.29 is 17.6 Å². The number of hydrogen-bond acceptors (Lipinski definition) is 3. The van der Waals surface area contributed by atoms with E-state index in [9.17, 15) is 17.6 Å². The van der Waals surface area contributed by atoms with Crippen molar-refractivity contribution in [3.05, 3.63) is 34.6 Å². The lowest BCUT2D eigenvalue weighted by atomic mass is 10.0. The van der Waals surface area contributed by atoms with Crippen LogP contribution in [0.5, 0.6) is 0 Å². The average molecular weight is 335 g/mol. The third-order valence-electron chi connectivity index (χ3n) is 3.32. The lowest BCUT2D eigenvalue weighted by Gasteiger charge is -2.32. The van der Waals surface area contributed by atoms with E-state index in [2.05, 4.69) is 4.72 Å². The summed E-state index contributed by atoms with van der Waals surface area (Å²) in [6.07, 6.45) is 2.12. The van der Waals surface area contributed by atoms with Gasteiger partial charge in [-0.3, -0.25) is 4.79 Å². The van der Waals surface area contributed by atoms with Crippen LogP contribution in [0.15, 0.2) is 18.2 Å². The molecule has 0 atom stereocenters. The molecule has 1 N–H and O–H groups in total. The van der Waals surface area contributed by atoms with Crippen molar-refractivity contribution >= 4 is 27.5 Å². The van der Waals surface area contributed by atoms with E-state index in [1.165, 1.54) is 17.0 Å². The van der Waals surface area contributed by atoms with Gasteiger partial charge < -0.3 is 4.90 Å². The summed E-state index contributed by atoms with van der Waals surface area (Å²) in [7, 11) is -3.25. The van der Waals surface area contributed by atoms with Crippen molar-refractivity contribution in [3.63, 3.8) is 0 Å². The summed E-state index contributed by atoms with van der Waals surface area (Å²) in [4.78, 5) is 13.7. The van der Waals surface area contributed by atoms with E-state index in [0.717, 1.165) is 12.3 Å². The molecule has 0 aromatic heterocycles. The maximum Gasteiger partial charge on any atom is 0.256 e. The summed E-state index contributed by atoms with van der Waals surface area (Å²) >= 11 is 5.66. The zero-order valence-corrected chi connectivity index (χ0v) is 13.0. The number of sulfonamides is 1. The van der Waals surface area contributed by atoms with Gasteiger partial charge in [0.1, 0.15) is 5.82 Å². The van der Waals surface area contributed by atoms with Crippen molar-refractivity contribution in [2.45, 2.75) is 18.9 Å². The normalized spacial score (nSPS) is 17.0. The molecule has 0 saturated carbocycles. The number of carbonyl (C=O) groups is 1. The van der Waals surface area contributed by atoms with Crippen molar-refractivity contribution in [1.82, 2.24) is 9.62 Å². The fourth-order valence-corrected chi connectivity index (χ4v) is 3.34. The minimum atomic E-state index is -3.25. The topological polar surface area (TPSA) is 66.5 Å². The van der Waals surface area contributed by atoms with Gasteiger partial charge >= 0.3 is 0 Å². The Morgan fingerprint density at radius 2 is 2.00 bits per heavy atom. The average Bonchev–Trinajstić information content (AvgIpc) is 2.37. The third-order valence-corrected chi connectivity index (χ3v) is 4.32. The Bertz CT molecular complexity index is 643. The summed E-state index contributed by atoms with van der Waals surface area (Å²) < 4.78 is 38.6. The molecule has 8 heteroatoms. The molecule has 21 heavy (non-hydrogen) atoms. The van der Waals surface area contributed by atoms with Gasteiger partial charge in [0.2, 0.25) is 10.0 Å². The SMILES string of the molecule is CS(=O)(=O)NC1CCN(C(=O)c2ccc(Cl)cc2F)CC1. The summed E-state index contributed by atoms with van der Waals surface area (Å²) in [5.41, 5.74) is -0.0195. The number of likely N-dealkylation sites (tertiary alicyclic amines) is 1. The molecule has 1 aromatic carbocycles. The number of nitrogens with zero attached hydrogens (tertiary/aromatic N) is 1. The van der Waals surface area contributed by atoms with Crippen LogP contribution in [0.1, 0.15) is 23.2 Å². The zero-order valence-electron chi connectivity index (χ0n) is 11.5. The Morgan fingerprint density at radius 1 is 1.38 bits per heavy atom. The third kappa shape index (κ3) is 4.39. The van der Waals surface area contributed by atoms with Crippen molar-refractivity contribution in [2.24, 2.45) is 0 Å². The Balaban J connectivity index is 2.00. The van der Waals surface area contributed by atoms with Crippen molar-refractivity contribution in [3.8, 4) is 0 Å². The molecule has 1 amide bonds. The van der Waals surface area contributed by atoms with E-state index in [0.29, 0.717) is 25.9 Å². The van der Waals surface area contributed by atoms with Crippen LogP contribution in [0.4, 0.5) is 4.39 Å². The summed E-state index contributed by atoms with van der Waals surface area (Å²) in [5, 5.41) is 0.236. The highest BCUT2D eigenvalue weighted by Crippen LogP contribution is 2.19. The molecule has 1 aromatic rings. The molecule has 0 bridgehead atoms.